The molecule has 0 atom stereocenters. The van der Waals surface area contributed by atoms with Crippen LogP contribution in [0.5, 0.6) is 0 Å². The van der Waals surface area contributed by atoms with Crippen LogP contribution >= 0.6 is 15.9 Å². The van der Waals surface area contributed by atoms with E-state index in [2.05, 4.69) is 26.6 Å². The fraction of sp³-hybridized carbons (Fsp3) is 0.341. The number of rotatable bonds is 20. The number of amides is 2. The summed E-state index contributed by atoms with van der Waals surface area (Å²) in [5.41, 5.74) is 6.74. The number of alkyl carbamates (subject to hydrolysis) is 2. The lowest BCUT2D eigenvalue weighted by Gasteiger charge is -2.32. The number of aliphatic imine (C=N–C) groups is 1. The Hall–Kier alpha value is -10.2. The number of sulfone groups is 3. The standard InChI is InChI=1S/C28H31FN2O6S.C23H21FN2O3S.C22H26BFO5S.C12H17BrN2O3/c1-6-38(35,36)17-18-7-12-22(26(33)19-8-10-21(29)11-9-19)23(13-18)24-16-31(5)25(32)14-20(24)15-30-27(34)37-28(2,3)4;1-3-30(28,29)14-15-4-9-19-20(10-15)21-13-26(2)22(27)11-17(21)12-25-23(19)16-5-7-18(24)8-6-16;1-6-30(26,27)14-15-7-12-19(23-28-21(2,3)22(4,5)29-23)18(13-15)20(25)16-8-10-17(24)11-9-16;1-12(2,3)18-11(17)14-6-8-5-10(16)15(4)7-9(8)13/h7-14,16H,6,15,17H2,1-5H3,(H,30,34);4-11,13H,3,12,14H2,1-2H3;7-13H,6,14H2,1-5H3;5,7H,6H2,1-4H3,(H,14,17). The smallest absolute Gasteiger partial charge is 0.444 e. The summed E-state index contributed by atoms with van der Waals surface area (Å²) in [5, 5.41) is 5.23. The maximum atomic E-state index is 13.5. The minimum absolute atomic E-state index is 0.00716. The maximum Gasteiger partial charge on any atom is 0.495 e. The summed E-state index contributed by atoms with van der Waals surface area (Å²) in [6, 6.07) is 35.9. The summed E-state index contributed by atoms with van der Waals surface area (Å²) < 4.78 is 141. The van der Waals surface area contributed by atoms with Gasteiger partial charge in [0.25, 0.3) is 16.7 Å². The van der Waals surface area contributed by atoms with Crippen LogP contribution in [-0.2, 0) is 106 Å². The van der Waals surface area contributed by atoms with Gasteiger partial charge >= 0.3 is 19.3 Å². The van der Waals surface area contributed by atoms with E-state index in [1.54, 1.807) is 150 Å². The molecule has 116 heavy (non-hydrogen) atoms. The van der Waals surface area contributed by atoms with Crippen LogP contribution in [0.1, 0.15) is 166 Å². The number of carbonyl (C=O) groups excluding carboxylic acids is 4. The number of benzene rings is 6. The molecule has 3 aromatic heterocycles. The number of fused-ring (bicyclic) bond motifs is 3. The van der Waals surface area contributed by atoms with Crippen LogP contribution in [0.4, 0.5) is 22.8 Å². The van der Waals surface area contributed by atoms with E-state index in [0.29, 0.717) is 62.2 Å². The maximum absolute atomic E-state index is 13.5. The Morgan fingerprint density at radius 1 is 0.491 bits per heavy atom. The average Bonchev–Trinajstić information content (AvgIpc) is 1.52. The highest BCUT2D eigenvalue weighted by Crippen LogP contribution is 2.38. The van der Waals surface area contributed by atoms with Crippen molar-refractivity contribution in [1.29, 1.82) is 0 Å². The number of nitrogens with one attached hydrogen (secondary N) is 2. The predicted molar refractivity (Wildman–Crippen MR) is 447 cm³/mol. The number of halogens is 4. The second kappa shape index (κ2) is 37.4. The van der Waals surface area contributed by atoms with Gasteiger partial charge in [0.15, 0.2) is 41.1 Å². The van der Waals surface area contributed by atoms with Crippen molar-refractivity contribution in [2.24, 2.45) is 26.1 Å². The lowest BCUT2D eigenvalue weighted by molar-refractivity contribution is 0.00578. The topological polar surface area (TPSA) is 310 Å². The molecule has 5 heterocycles. The molecule has 0 bridgehead atoms. The van der Waals surface area contributed by atoms with Crippen LogP contribution in [0.2, 0.25) is 0 Å². The molecule has 31 heteroatoms. The van der Waals surface area contributed by atoms with E-state index in [1.807, 2.05) is 39.8 Å². The first kappa shape index (κ1) is 91.3. The quantitative estimate of drug-likeness (QED) is 0.0529. The average molecular weight is 1720 g/mol. The second-order valence-corrected chi connectivity index (χ2v) is 38.7. The molecule has 6 aromatic carbocycles. The molecule has 2 aliphatic rings. The number of ether oxygens (including phenoxy) is 2. The molecule has 0 saturated carbocycles. The normalized spacial score (nSPS) is 13.6. The van der Waals surface area contributed by atoms with Gasteiger partial charge < -0.3 is 43.1 Å². The number of nitrogens with zero attached hydrogens (tertiary/aromatic N) is 4. The predicted octanol–water partition coefficient (Wildman–Crippen LogP) is 13.3. The Kier molecular flexibility index (Phi) is 29.5. The summed E-state index contributed by atoms with van der Waals surface area (Å²) in [4.78, 5) is 91.4. The molecule has 616 valence electrons. The monoisotopic (exact) mass is 1710 g/mol. The van der Waals surface area contributed by atoms with Crippen LogP contribution in [0.25, 0.3) is 22.3 Å². The third-order valence-electron chi connectivity index (χ3n) is 18.9. The molecule has 9 aromatic rings. The van der Waals surface area contributed by atoms with E-state index in [0.717, 1.165) is 32.3 Å². The first-order valence-electron chi connectivity index (χ1n) is 37.0. The van der Waals surface area contributed by atoms with Gasteiger partial charge in [-0.25, -0.2) is 48.0 Å². The fourth-order valence-electron chi connectivity index (χ4n) is 11.8. The zero-order valence-electron chi connectivity index (χ0n) is 67.5. The Morgan fingerprint density at radius 3 is 1.36 bits per heavy atom. The molecule has 0 aliphatic carbocycles. The van der Waals surface area contributed by atoms with E-state index in [9.17, 15) is 72.0 Å². The van der Waals surface area contributed by atoms with Gasteiger partial charge in [0.2, 0.25) is 0 Å². The van der Waals surface area contributed by atoms with Gasteiger partial charge in [-0.05, 0) is 226 Å². The van der Waals surface area contributed by atoms with Gasteiger partial charge in [0.05, 0.1) is 40.7 Å². The van der Waals surface area contributed by atoms with Crippen molar-refractivity contribution >= 4 is 87.5 Å². The Morgan fingerprint density at radius 2 is 0.888 bits per heavy atom. The Bertz CT molecular complexity index is 5770. The highest BCUT2D eigenvalue weighted by Gasteiger charge is 2.52. The van der Waals surface area contributed by atoms with Gasteiger partial charge in [0, 0.05) is 137 Å². The minimum Gasteiger partial charge on any atom is -0.444 e. The molecule has 2 N–H and O–H groups in total. The molecule has 0 spiro atoms. The summed E-state index contributed by atoms with van der Waals surface area (Å²) in [7, 11) is -5.75. The van der Waals surface area contributed by atoms with Gasteiger partial charge in [-0.2, -0.15) is 0 Å². The first-order valence-corrected chi connectivity index (χ1v) is 43.2. The van der Waals surface area contributed by atoms with Crippen molar-refractivity contribution in [3.8, 4) is 22.3 Å². The highest BCUT2D eigenvalue weighted by atomic mass is 79.9. The van der Waals surface area contributed by atoms with E-state index in [4.69, 9.17) is 23.8 Å². The number of hydrogen-bond donors (Lipinski definition) is 2. The minimum atomic E-state index is -3.38. The fourth-order valence-corrected chi connectivity index (χ4v) is 15.0. The largest absolute Gasteiger partial charge is 0.495 e. The van der Waals surface area contributed by atoms with Crippen LogP contribution in [0.15, 0.2) is 188 Å². The lowest BCUT2D eigenvalue weighted by atomic mass is 9.74. The Balaban J connectivity index is 0.000000198. The first-order chi connectivity index (χ1) is 54.0. The van der Waals surface area contributed by atoms with Crippen molar-refractivity contribution in [3.05, 3.63) is 284 Å². The Labute approximate surface area is 682 Å². The summed E-state index contributed by atoms with van der Waals surface area (Å²) in [6.45, 7) is 23.4. The number of hydrogen-bond acceptors (Lipinski definition) is 18. The number of ketones is 2. The van der Waals surface area contributed by atoms with Gasteiger partial charge in [-0.15, -0.1) is 0 Å². The number of carbonyl (C=O) groups is 4. The van der Waals surface area contributed by atoms with Crippen LogP contribution in [-0.4, -0.2) is 115 Å². The van der Waals surface area contributed by atoms with Gasteiger partial charge in [-0.3, -0.25) is 29.0 Å². The van der Waals surface area contributed by atoms with Crippen LogP contribution < -0.4 is 32.8 Å². The summed E-state index contributed by atoms with van der Waals surface area (Å²) >= 11 is 3.34. The van der Waals surface area contributed by atoms with Crippen molar-refractivity contribution in [3.63, 3.8) is 0 Å². The van der Waals surface area contributed by atoms with Crippen molar-refractivity contribution in [1.82, 2.24) is 24.3 Å². The molecule has 11 rings (SSSR count). The lowest BCUT2D eigenvalue weighted by Crippen LogP contribution is -2.41. The zero-order chi connectivity index (χ0) is 86.0. The van der Waals surface area contributed by atoms with Crippen molar-refractivity contribution < 1.29 is 76.4 Å². The number of aryl methyl sites for hydroxylation is 3. The molecule has 0 radical (unpaired) electrons. The number of pyridine rings is 3. The molecule has 23 nitrogen and oxygen atoms in total. The summed E-state index contributed by atoms with van der Waals surface area (Å²) in [6.07, 6.45) is 3.76. The van der Waals surface area contributed by atoms with E-state index < -0.39 is 88.6 Å². The molecular formula is C85H95BBrF3N6O17S3. The second-order valence-electron chi connectivity index (χ2n) is 30.8. The SMILES string of the molecule is CCS(=O)(=O)Cc1ccc(B2OC(C)(C)C(C)(C)O2)c(C(=O)c2ccc(F)cc2)c1.CCS(=O)(=O)Cc1ccc(C(=O)c2ccc(F)cc2)c(-c2cn(C)c(=O)cc2CNC(=O)OC(C)(C)C)c1.CCS(=O)(=O)Cc1ccc2c(c1)-c1cn(C)c(=O)cc1CN=C2c1ccc(F)cc1.Cn1cc(Br)c(CNC(=O)OC(C)(C)C)cc1=O. The molecule has 0 unspecified atom stereocenters. The number of aromatic nitrogens is 3. The molecule has 2 aliphatic heterocycles. The van der Waals surface area contributed by atoms with E-state index >= 15 is 0 Å². The third-order valence-corrected chi connectivity index (χ3v) is 24.5. The van der Waals surface area contributed by atoms with E-state index in [-0.39, 0.29) is 92.6 Å². The zero-order valence-corrected chi connectivity index (χ0v) is 71.5. The molecule has 1 fully saturated rings. The molecule has 1 saturated heterocycles. The third kappa shape index (κ3) is 24.7. The van der Waals surface area contributed by atoms with Crippen molar-refractivity contribution in [2.45, 2.75) is 149 Å². The van der Waals surface area contributed by atoms with Crippen LogP contribution in [0, 0.1) is 17.5 Å². The van der Waals surface area contributed by atoms with Gasteiger partial charge in [0.1, 0.15) is 28.7 Å². The molecular weight excluding hydrogens is 1620 g/mol. The van der Waals surface area contributed by atoms with E-state index in [1.165, 1.54) is 98.8 Å². The summed E-state index contributed by atoms with van der Waals surface area (Å²) in [5.74, 6) is -2.47. The highest BCUT2D eigenvalue weighted by molar-refractivity contribution is 9.10. The van der Waals surface area contributed by atoms with Crippen LogP contribution in [0.3, 0.4) is 0 Å². The van der Waals surface area contributed by atoms with Gasteiger partial charge in [-0.1, -0.05) is 57.2 Å². The molecule has 2 amide bonds. The van der Waals surface area contributed by atoms with Crippen molar-refractivity contribution in [2.75, 3.05) is 17.3 Å².